The van der Waals surface area contributed by atoms with Crippen LogP contribution in [0.3, 0.4) is 0 Å². The summed E-state index contributed by atoms with van der Waals surface area (Å²) in [6.07, 6.45) is 2.00. The topological polar surface area (TPSA) is 89.3 Å². The quantitative estimate of drug-likeness (QED) is 0.865. The first-order valence-corrected chi connectivity index (χ1v) is 8.89. The van der Waals surface area contributed by atoms with E-state index in [1.807, 2.05) is 0 Å². The van der Waals surface area contributed by atoms with Gasteiger partial charge < -0.3 is 5.32 Å². The Labute approximate surface area is 114 Å². The van der Waals surface area contributed by atoms with E-state index in [0.717, 1.165) is 34.8 Å². The third-order valence-electron chi connectivity index (χ3n) is 2.58. The third-order valence-corrected chi connectivity index (χ3v) is 6.48. The molecule has 8 heteroatoms. The zero-order chi connectivity index (χ0) is 13.2. The number of nitrogens with two attached hydrogens (primary N) is 1. The Kier molecular flexibility index (Phi) is 4.31. The summed E-state index contributed by atoms with van der Waals surface area (Å²) in [5.41, 5.74) is 0. The van der Waals surface area contributed by atoms with Gasteiger partial charge in [0.1, 0.15) is 4.21 Å². The molecule has 1 saturated heterocycles. The van der Waals surface area contributed by atoms with Gasteiger partial charge in [-0.1, -0.05) is 0 Å². The maximum absolute atomic E-state index is 11.8. The first kappa shape index (κ1) is 13.9. The van der Waals surface area contributed by atoms with Crippen LogP contribution in [0.15, 0.2) is 16.3 Å². The van der Waals surface area contributed by atoms with Crippen molar-refractivity contribution in [2.24, 2.45) is 5.14 Å². The molecule has 1 aliphatic heterocycles. The fraction of sp³-hybridized carbons (Fsp3) is 0.500. The van der Waals surface area contributed by atoms with E-state index >= 15 is 0 Å². The highest BCUT2D eigenvalue weighted by Gasteiger charge is 2.23. The molecule has 1 amide bonds. The van der Waals surface area contributed by atoms with Crippen molar-refractivity contribution >= 4 is 39.0 Å². The summed E-state index contributed by atoms with van der Waals surface area (Å²) in [6, 6.07) is 3.14. The van der Waals surface area contributed by atoms with E-state index in [0.29, 0.717) is 6.54 Å². The molecule has 0 spiro atoms. The van der Waals surface area contributed by atoms with Gasteiger partial charge in [0, 0.05) is 4.88 Å². The van der Waals surface area contributed by atoms with Crippen molar-refractivity contribution in [1.82, 2.24) is 5.32 Å². The van der Waals surface area contributed by atoms with E-state index in [1.54, 1.807) is 17.8 Å². The number of hydrogen-bond donors (Lipinski definition) is 2. The lowest BCUT2D eigenvalue weighted by Crippen LogP contribution is -2.30. The number of nitrogens with one attached hydrogen (secondary N) is 1. The van der Waals surface area contributed by atoms with Crippen LogP contribution in [0.2, 0.25) is 0 Å². The van der Waals surface area contributed by atoms with Crippen LogP contribution >= 0.6 is 23.1 Å². The predicted molar refractivity (Wildman–Crippen MR) is 73.0 cm³/mol. The Hall–Kier alpha value is -0.570. The number of amides is 1. The highest BCUT2D eigenvalue weighted by Crippen LogP contribution is 2.26. The maximum Gasteiger partial charge on any atom is 0.247 e. The molecule has 1 atom stereocenters. The van der Waals surface area contributed by atoms with Crippen molar-refractivity contribution in [2.45, 2.75) is 28.8 Å². The lowest BCUT2D eigenvalue weighted by Gasteiger charge is -2.08. The Bertz CT molecular complexity index is 532. The van der Waals surface area contributed by atoms with Gasteiger partial charge in [-0.05, 0) is 30.7 Å². The molecule has 1 aliphatic rings. The molecule has 0 saturated carbocycles. The Morgan fingerprint density at radius 2 is 2.28 bits per heavy atom. The minimum Gasteiger partial charge on any atom is -0.350 e. The highest BCUT2D eigenvalue weighted by molar-refractivity contribution is 8.00. The van der Waals surface area contributed by atoms with Crippen LogP contribution in [0.5, 0.6) is 0 Å². The van der Waals surface area contributed by atoms with Crippen LogP contribution in [-0.2, 0) is 21.4 Å². The van der Waals surface area contributed by atoms with Gasteiger partial charge in [0.05, 0.1) is 11.8 Å². The molecule has 100 valence electrons. The molecule has 1 unspecified atom stereocenters. The number of primary sulfonamides is 1. The largest absolute Gasteiger partial charge is 0.350 e. The Balaban J connectivity index is 1.90. The molecule has 0 aliphatic carbocycles. The molecule has 0 radical (unpaired) electrons. The van der Waals surface area contributed by atoms with Crippen LogP contribution in [0, 0.1) is 0 Å². The molecule has 1 aromatic heterocycles. The van der Waals surface area contributed by atoms with Crippen LogP contribution in [-0.4, -0.2) is 25.3 Å². The second kappa shape index (κ2) is 5.60. The summed E-state index contributed by atoms with van der Waals surface area (Å²) < 4.78 is 22.3. The van der Waals surface area contributed by atoms with Gasteiger partial charge in [0.2, 0.25) is 15.9 Å². The summed E-state index contributed by atoms with van der Waals surface area (Å²) in [4.78, 5) is 12.5. The maximum atomic E-state index is 11.8. The molecule has 18 heavy (non-hydrogen) atoms. The summed E-state index contributed by atoms with van der Waals surface area (Å²) in [7, 11) is -3.63. The minimum absolute atomic E-state index is 0.0306. The van der Waals surface area contributed by atoms with Gasteiger partial charge in [-0.15, -0.1) is 23.1 Å². The molecule has 3 N–H and O–H groups in total. The van der Waals surface area contributed by atoms with Crippen LogP contribution in [0.25, 0.3) is 0 Å². The number of sulfonamides is 1. The van der Waals surface area contributed by atoms with Crippen LogP contribution in [0.1, 0.15) is 17.7 Å². The number of thioether (sulfide) groups is 1. The normalized spacial score (nSPS) is 19.9. The van der Waals surface area contributed by atoms with Crippen LogP contribution in [0.4, 0.5) is 0 Å². The molecular formula is C10H14N2O3S3. The van der Waals surface area contributed by atoms with E-state index in [1.165, 1.54) is 6.07 Å². The van der Waals surface area contributed by atoms with E-state index in [2.05, 4.69) is 5.32 Å². The number of rotatable bonds is 4. The third kappa shape index (κ3) is 3.47. The monoisotopic (exact) mass is 306 g/mol. The number of thiophene rings is 1. The Morgan fingerprint density at radius 1 is 1.50 bits per heavy atom. The minimum atomic E-state index is -3.63. The van der Waals surface area contributed by atoms with Gasteiger partial charge in [0.25, 0.3) is 0 Å². The molecule has 1 aromatic rings. The lowest BCUT2D eigenvalue weighted by molar-refractivity contribution is -0.120. The van der Waals surface area contributed by atoms with E-state index in [-0.39, 0.29) is 15.4 Å². The number of carbonyl (C=O) groups excluding carboxylic acids is 1. The predicted octanol–water partition coefficient (Wildman–Crippen LogP) is 0.907. The average Bonchev–Trinajstić information content (AvgIpc) is 2.96. The second-order valence-corrected chi connectivity index (χ2v) is 8.25. The molecule has 1 fully saturated rings. The molecule has 0 aromatic carbocycles. The van der Waals surface area contributed by atoms with Crippen molar-refractivity contribution in [1.29, 1.82) is 0 Å². The zero-order valence-corrected chi connectivity index (χ0v) is 12.0. The fourth-order valence-corrected chi connectivity index (χ4v) is 4.58. The summed E-state index contributed by atoms with van der Waals surface area (Å²) in [5.74, 6) is 1.06. The fourth-order valence-electron chi connectivity index (χ4n) is 1.68. The van der Waals surface area contributed by atoms with Gasteiger partial charge in [-0.25, -0.2) is 13.6 Å². The summed E-state index contributed by atoms with van der Waals surface area (Å²) in [5, 5.41) is 7.88. The number of hydrogen-bond acceptors (Lipinski definition) is 5. The molecule has 0 bridgehead atoms. The molecular weight excluding hydrogens is 292 g/mol. The van der Waals surface area contributed by atoms with Gasteiger partial charge in [0.15, 0.2) is 0 Å². The number of carbonyl (C=O) groups is 1. The molecule has 2 rings (SSSR count). The smallest absolute Gasteiger partial charge is 0.247 e. The summed E-state index contributed by atoms with van der Waals surface area (Å²) >= 11 is 2.76. The van der Waals surface area contributed by atoms with E-state index in [9.17, 15) is 13.2 Å². The highest BCUT2D eigenvalue weighted by atomic mass is 32.2. The van der Waals surface area contributed by atoms with E-state index in [4.69, 9.17) is 5.14 Å². The van der Waals surface area contributed by atoms with Crippen molar-refractivity contribution in [3.63, 3.8) is 0 Å². The first-order chi connectivity index (χ1) is 8.47. The van der Waals surface area contributed by atoms with Crippen molar-refractivity contribution in [3.8, 4) is 0 Å². The second-order valence-electron chi connectivity index (χ2n) is 3.99. The van der Waals surface area contributed by atoms with E-state index < -0.39 is 10.0 Å². The average molecular weight is 306 g/mol. The van der Waals surface area contributed by atoms with Crippen molar-refractivity contribution in [3.05, 3.63) is 17.0 Å². The van der Waals surface area contributed by atoms with Crippen molar-refractivity contribution < 1.29 is 13.2 Å². The standard InChI is InChI=1S/C10H14N2O3S3/c11-18(14,15)9-4-3-7(17-9)6-12-10(13)8-2-1-5-16-8/h3-4,8H,1-2,5-6H2,(H,12,13)(H2,11,14,15). The summed E-state index contributed by atoms with van der Waals surface area (Å²) in [6.45, 7) is 0.357. The SMILES string of the molecule is NS(=O)(=O)c1ccc(CNC(=O)C2CCCS2)s1. The lowest BCUT2D eigenvalue weighted by atomic mass is 10.2. The molecule has 2 heterocycles. The Morgan fingerprint density at radius 3 is 2.83 bits per heavy atom. The molecule has 5 nitrogen and oxygen atoms in total. The van der Waals surface area contributed by atoms with Gasteiger partial charge in [-0.3, -0.25) is 4.79 Å². The van der Waals surface area contributed by atoms with Gasteiger partial charge >= 0.3 is 0 Å². The van der Waals surface area contributed by atoms with Gasteiger partial charge in [-0.2, -0.15) is 0 Å². The van der Waals surface area contributed by atoms with Crippen LogP contribution < -0.4 is 10.5 Å². The zero-order valence-electron chi connectivity index (χ0n) is 9.59. The first-order valence-electron chi connectivity index (χ1n) is 5.47. The van der Waals surface area contributed by atoms with Crippen molar-refractivity contribution in [2.75, 3.05) is 5.75 Å².